The number of carbonyl (C=O) groups excluding carboxylic acids is 1. The number of nitrogens with zero attached hydrogens (tertiary/aromatic N) is 5. The SMILES string of the molecule is CCn1cc(C(=O)N2CCCC(C)C2)c(S(=O)(=O)N2CCN(c3ccccc3Cl)CC2)n1. The molecule has 0 radical (unpaired) electrons. The summed E-state index contributed by atoms with van der Waals surface area (Å²) in [7, 11) is -3.90. The van der Waals surface area contributed by atoms with Crippen LogP contribution in [0.5, 0.6) is 0 Å². The molecular formula is C22H30ClN5O3S. The number of piperazine rings is 1. The molecule has 10 heteroatoms. The standard InChI is InChI=1S/C22H30ClN5O3S/c1-3-27-16-18(22(29)26-10-6-7-17(2)15-26)21(24-27)32(30,31)28-13-11-25(12-14-28)20-9-5-4-8-19(20)23/h4-5,8-9,16-17H,3,6-7,10-15H2,1-2H3. The van der Waals surface area contributed by atoms with Crippen molar-refractivity contribution in [3.63, 3.8) is 0 Å². The molecule has 0 saturated carbocycles. The predicted molar refractivity (Wildman–Crippen MR) is 125 cm³/mol. The van der Waals surface area contributed by atoms with Gasteiger partial charge >= 0.3 is 0 Å². The fourth-order valence-corrected chi connectivity index (χ4v) is 6.22. The van der Waals surface area contributed by atoms with Gasteiger partial charge < -0.3 is 9.80 Å². The molecule has 32 heavy (non-hydrogen) atoms. The highest BCUT2D eigenvalue weighted by molar-refractivity contribution is 7.89. The zero-order chi connectivity index (χ0) is 22.9. The number of hydrogen-bond donors (Lipinski definition) is 0. The first-order valence-electron chi connectivity index (χ1n) is 11.2. The second-order valence-corrected chi connectivity index (χ2v) is 10.8. The third-order valence-electron chi connectivity index (χ3n) is 6.24. The van der Waals surface area contributed by atoms with E-state index in [-0.39, 0.29) is 16.5 Å². The van der Waals surface area contributed by atoms with Crippen molar-refractivity contribution in [2.24, 2.45) is 5.92 Å². The molecule has 2 aliphatic rings. The lowest BCUT2D eigenvalue weighted by molar-refractivity contribution is 0.0679. The third kappa shape index (κ3) is 4.51. The number of para-hydroxylation sites is 1. The molecule has 0 N–H and O–H groups in total. The Labute approximate surface area is 194 Å². The van der Waals surface area contributed by atoms with E-state index >= 15 is 0 Å². The highest BCUT2D eigenvalue weighted by Gasteiger charge is 2.36. The van der Waals surface area contributed by atoms with Gasteiger partial charge in [-0.1, -0.05) is 30.7 Å². The molecule has 2 fully saturated rings. The minimum Gasteiger partial charge on any atom is -0.368 e. The number of halogens is 1. The fraction of sp³-hybridized carbons (Fsp3) is 0.545. The normalized spacial score (nSPS) is 20.5. The summed E-state index contributed by atoms with van der Waals surface area (Å²) in [6, 6.07) is 7.56. The van der Waals surface area contributed by atoms with Gasteiger partial charge in [-0.3, -0.25) is 9.48 Å². The average molecular weight is 480 g/mol. The van der Waals surface area contributed by atoms with Crippen LogP contribution in [-0.4, -0.2) is 72.6 Å². The molecule has 0 aliphatic carbocycles. The van der Waals surface area contributed by atoms with Crippen LogP contribution in [0.4, 0.5) is 5.69 Å². The van der Waals surface area contributed by atoms with Crippen LogP contribution < -0.4 is 4.90 Å². The van der Waals surface area contributed by atoms with Crippen molar-refractivity contribution in [1.29, 1.82) is 0 Å². The number of aryl methyl sites for hydroxylation is 1. The second-order valence-electron chi connectivity index (χ2n) is 8.54. The first kappa shape index (κ1) is 23.1. The number of likely N-dealkylation sites (tertiary alicyclic amines) is 1. The first-order chi connectivity index (χ1) is 15.3. The number of sulfonamides is 1. The van der Waals surface area contributed by atoms with Gasteiger partial charge in [0.2, 0.25) is 5.03 Å². The molecule has 4 rings (SSSR count). The van der Waals surface area contributed by atoms with E-state index in [0.717, 1.165) is 18.5 Å². The van der Waals surface area contributed by atoms with Gasteiger partial charge in [0.15, 0.2) is 0 Å². The molecule has 3 heterocycles. The van der Waals surface area contributed by atoms with Crippen molar-refractivity contribution in [1.82, 2.24) is 19.0 Å². The van der Waals surface area contributed by atoms with Gasteiger partial charge in [0.25, 0.3) is 15.9 Å². The van der Waals surface area contributed by atoms with Crippen LogP contribution in [0.2, 0.25) is 5.02 Å². The Balaban J connectivity index is 1.56. The van der Waals surface area contributed by atoms with E-state index in [1.165, 1.54) is 8.99 Å². The molecule has 1 amide bonds. The summed E-state index contributed by atoms with van der Waals surface area (Å²) in [5.41, 5.74) is 1.08. The summed E-state index contributed by atoms with van der Waals surface area (Å²) in [6.07, 6.45) is 3.59. The maximum absolute atomic E-state index is 13.5. The summed E-state index contributed by atoms with van der Waals surface area (Å²) in [4.78, 5) is 17.1. The maximum atomic E-state index is 13.5. The van der Waals surface area contributed by atoms with Crippen LogP contribution in [0, 0.1) is 5.92 Å². The van der Waals surface area contributed by atoms with Crippen LogP contribution >= 0.6 is 11.6 Å². The zero-order valence-electron chi connectivity index (χ0n) is 18.6. The molecule has 1 atom stereocenters. The van der Waals surface area contributed by atoms with Crippen LogP contribution in [0.1, 0.15) is 37.0 Å². The van der Waals surface area contributed by atoms with Crippen molar-refractivity contribution in [2.45, 2.75) is 38.3 Å². The van der Waals surface area contributed by atoms with E-state index < -0.39 is 10.0 Å². The topological polar surface area (TPSA) is 78.8 Å². The molecule has 174 valence electrons. The number of hydrogen-bond acceptors (Lipinski definition) is 5. The van der Waals surface area contributed by atoms with Crippen molar-refractivity contribution < 1.29 is 13.2 Å². The van der Waals surface area contributed by atoms with Crippen LogP contribution in [0.25, 0.3) is 0 Å². The summed E-state index contributed by atoms with van der Waals surface area (Å²) < 4.78 is 30.0. The largest absolute Gasteiger partial charge is 0.368 e. The molecule has 0 bridgehead atoms. The Hall–Kier alpha value is -2.10. The van der Waals surface area contributed by atoms with Gasteiger partial charge in [0.05, 0.1) is 16.3 Å². The number of amides is 1. The molecule has 1 aromatic heterocycles. The zero-order valence-corrected chi connectivity index (χ0v) is 20.1. The molecule has 1 aromatic carbocycles. The number of rotatable bonds is 5. The second kappa shape index (κ2) is 9.41. The lowest BCUT2D eigenvalue weighted by Crippen LogP contribution is -2.49. The van der Waals surface area contributed by atoms with Gasteiger partial charge in [0, 0.05) is 52.0 Å². The van der Waals surface area contributed by atoms with E-state index in [2.05, 4.69) is 16.9 Å². The van der Waals surface area contributed by atoms with E-state index in [4.69, 9.17) is 11.6 Å². The van der Waals surface area contributed by atoms with Gasteiger partial charge in [-0.15, -0.1) is 0 Å². The fourth-order valence-electron chi connectivity index (χ4n) is 4.45. The Kier molecular flexibility index (Phi) is 6.78. The summed E-state index contributed by atoms with van der Waals surface area (Å²) >= 11 is 6.31. The highest BCUT2D eigenvalue weighted by Crippen LogP contribution is 2.28. The molecule has 2 saturated heterocycles. The number of carbonyl (C=O) groups is 1. The minimum absolute atomic E-state index is 0.131. The van der Waals surface area contributed by atoms with Gasteiger partial charge in [-0.2, -0.15) is 9.40 Å². The highest BCUT2D eigenvalue weighted by atomic mass is 35.5. The van der Waals surface area contributed by atoms with Crippen molar-refractivity contribution in [3.8, 4) is 0 Å². The van der Waals surface area contributed by atoms with Crippen molar-refractivity contribution in [3.05, 3.63) is 41.0 Å². The lowest BCUT2D eigenvalue weighted by atomic mass is 10.00. The molecule has 2 aromatic rings. The quantitative estimate of drug-likeness (QED) is 0.658. The molecule has 8 nitrogen and oxygen atoms in total. The summed E-state index contributed by atoms with van der Waals surface area (Å²) in [5, 5.41) is 4.82. The van der Waals surface area contributed by atoms with E-state index in [0.29, 0.717) is 56.8 Å². The van der Waals surface area contributed by atoms with Crippen molar-refractivity contribution >= 4 is 33.2 Å². The third-order valence-corrected chi connectivity index (χ3v) is 8.40. The summed E-state index contributed by atoms with van der Waals surface area (Å²) in [5.74, 6) is 0.163. The minimum atomic E-state index is -3.90. The Morgan fingerprint density at radius 3 is 2.53 bits per heavy atom. The Morgan fingerprint density at radius 1 is 1.16 bits per heavy atom. The lowest BCUT2D eigenvalue weighted by Gasteiger charge is -2.35. The number of piperidine rings is 1. The maximum Gasteiger partial charge on any atom is 0.263 e. The van der Waals surface area contributed by atoms with Gasteiger partial charge in [0.1, 0.15) is 0 Å². The molecular weight excluding hydrogens is 450 g/mol. The Bertz CT molecular complexity index is 1080. The number of anilines is 1. The van der Waals surface area contributed by atoms with Crippen LogP contribution in [0.15, 0.2) is 35.5 Å². The molecule has 1 unspecified atom stereocenters. The van der Waals surface area contributed by atoms with Gasteiger partial charge in [-0.25, -0.2) is 8.42 Å². The number of benzene rings is 1. The predicted octanol–water partition coefficient (Wildman–Crippen LogP) is 2.94. The van der Waals surface area contributed by atoms with Gasteiger partial charge in [-0.05, 0) is 37.8 Å². The smallest absolute Gasteiger partial charge is 0.263 e. The van der Waals surface area contributed by atoms with Crippen LogP contribution in [-0.2, 0) is 16.6 Å². The van der Waals surface area contributed by atoms with Crippen molar-refractivity contribution in [2.75, 3.05) is 44.2 Å². The van der Waals surface area contributed by atoms with E-state index in [1.54, 1.807) is 11.1 Å². The van der Waals surface area contributed by atoms with Crippen LogP contribution in [0.3, 0.4) is 0 Å². The van der Waals surface area contributed by atoms with E-state index in [9.17, 15) is 13.2 Å². The molecule has 0 spiro atoms. The monoisotopic (exact) mass is 479 g/mol. The Morgan fingerprint density at radius 2 is 1.88 bits per heavy atom. The van der Waals surface area contributed by atoms with E-state index in [1.807, 2.05) is 31.2 Å². The first-order valence-corrected chi connectivity index (χ1v) is 13.0. The number of aromatic nitrogens is 2. The molecule has 2 aliphatic heterocycles. The summed E-state index contributed by atoms with van der Waals surface area (Å²) in [6.45, 7) is 7.43. The average Bonchev–Trinajstić information content (AvgIpc) is 3.24.